The van der Waals surface area contributed by atoms with Crippen LogP contribution < -0.4 is 10.9 Å². The van der Waals surface area contributed by atoms with E-state index in [-0.39, 0.29) is 30.5 Å². The average molecular weight is 479 g/mol. The Labute approximate surface area is 205 Å². The van der Waals surface area contributed by atoms with Crippen LogP contribution in [0.5, 0.6) is 0 Å². The van der Waals surface area contributed by atoms with E-state index in [0.717, 1.165) is 13.0 Å². The molecule has 2 amide bonds. The summed E-state index contributed by atoms with van der Waals surface area (Å²) < 4.78 is 1.68. The van der Waals surface area contributed by atoms with Gasteiger partial charge in [-0.25, -0.2) is 0 Å². The predicted molar refractivity (Wildman–Crippen MR) is 135 cm³/mol. The summed E-state index contributed by atoms with van der Waals surface area (Å²) in [5, 5.41) is 13.4. The molecule has 2 bridgehead atoms. The van der Waals surface area contributed by atoms with Gasteiger partial charge in [0.2, 0.25) is 5.91 Å². The fraction of sp³-hybridized carbons (Fsp3) is 0.444. The topological polar surface area (TPSA) is 94.9 Å². The van der Waals surface area contributed by atoms with Gasteiger partial charge in [-0.15, -0.1) is 0 Å². The molecular formula is C27H34N4O4. The molecule has 35 heavy (non-hydrogen) atoms. The van der Waals surface area contributed by atoms with E-state index in [1.54, 1.807) is 45.9 Å². The molecule has 0 unspecified atom stereocenters. The Bertz CT molecular complexity index is 1160. The minimum absolute atomic E-state index is 0.147. The maximum atomic E-state index is 13.7. The van der Waals surface area contributed by atoms with Crippen LogP contribution in [0.4, 0.5) is 0 Å². The maximum Gasteiger partial charge on any atom is 0.258 e. The van der Waals surface area contributed by atoms with Gasteiger partial charge in [0, 0.05) is 42.4 Å². The zero-order valence-electron chi connectivity index (χ0n) is 20.6. The Hall–Kier alpha value is -3.23. The summed E-state index contributed by atoms with van der Waals surface area (Å²) in [7, 11) is 3.96. The molecule has 2 aliphatic heterocycles. The fourth-order valence-electron chi connectivity index (χ4n) is 5.46. The van der Waals surface area contributed by atoms with Crippen molar-refractivity contribution >= 4 is 17.9 Å². The molecule has 8 nitrogen and oxygen atoms in total. The van der Waals surface area contributed by atoms with Gasteiger partial charge in [-0.1, -0.05) is 30.4 Å². The minimum atomic E-state index is -0.655. The van der Waals surface area contributed by atoms with E-state index in [9.17, 15) is 19.5 Å². The van der Waals surface area contributed by atoms with E-state index in [2.05, 4.69) is 10.2 Å². The zero-order chi connectivity index (χ0) is 25.1. The van der Waals surface area contributed by atoms with Crippen LogP contribution in [0, 0.1) is 11.8 Å². The van der Waals surface area contributed by atoms with Crippen molar-refractivity contribution < 1.29 is 14.7 Å². The average Bonchev–Trinajstić information content (AvgIpc) is 3.10. The summed E-state index contributed by atoms with van der Waals surface area (Å²) in [4.78, 5) is 44.2. The molecule has 0 spiro atoms. The molecule has 0 aliphatic carbocycles. The third-order valence-electron chi connectivity index (χ3n) is 7.06. The molecule has 186 valence electrons. The van der Waals surface area contributed by atoms with E-state index < -0.39 is 23.9 Å². The summed E-state index contributed by atoms with van der Waals surface area (Å²) in [6, 6.07) is 11.4. The molecule has 0 radical (unpaired) electrons. The van der Waals surface area contributed by atoms with Crippen molar-refractivity contribution in [3.8, 4) is 0 Å². The standard InChI is InChI=1S/C27H34N4O4/c1-4-9-18-12-13-21-24-23(25(33)28-14-8-15-29(2)3)20(17-32)22(16-30(21)26(18)34)31(24)27(35)19-10-6-5-7-11-19/h4-7,9-13,20,22-24,32H,8,14-17H2,1-3H3,(H,28,33)/b9-4-/t20-,22-,23+,24+/m1/s1. The molecule has 1 aromatic heterocycles. The van der Waals surface area contributed by atoms with Crippen LogP contribution in [0.2, 0.25) is 0 Å². The molecule has 8 heteroatoms. The van der Waals surface area contributed by atoms with Crippen LogP contribution in [-0.4, -0.2) is 71.1 Å². The first-order chi connectivity index (χ1) is 16.9. The van der Waals surface area contributed by atoms with Gasteiger partial charge in [-0.3, -0.25) is 14.4 Å². The van der Waals surface area contributed by atoms with Crippen molar-refractivity contribution in [3.63, 3.8) is 0 Å². The highest BCUT2D eigenvalue weighted by atomic mass is 16.3. The van der Waals surface area contributed by atoms with E-state index in [1.807, 2.05) is 39.2 Å². The van der Waals surface area contributed by atoms with Crippen molar-refractivity contribution in [3.05, 3.63) is 75.7 Å². The second-order valence-electron chi connectivity index (χ2n) is 9.54. The Balaban J connectivity index is 1.76. The van der Waals surface area contributed by atoms with Gasteiger partial charge in [-0.2, -0.15) is 0 Å². The molecule has 2 N–H and O–H groups in total. The smallest absolute Gasteiger partial charge is 0.258 e. The molecule has 4 rings (SSSR count). The first kappa shape index (κ1) is 24.9. The van der Waals surface area contributed by atoms with E-state index in [4.69, 9.17) is 0 Å². The summed E-state index contributed by atoms with van der Waals surface area (Å²) in [6.07, 6.45) is 4.36. The monoisotopic (exact) mass is 478 g/mol. The highest BCUT2D eigenvalue weighted by molar-refractivity contribution is 5.96. The maximum absolute atomic E-state index is 13.7. The first-order valence-electron chi connectivity index (χ1n) is 12.2. The second kappa shape index (κ2) is 10.6. The number of pyridine rings is 1. The van der Waals surface area contributed by atoms with Gasteiger partial charge >= 0.3 is 0 Å². The molecule has 0 saturated carbocycles. The van der Waals surface area contributed by atoms with Crippen LogP contribution in [0.25, 0.3) is 6.08 Å². The lowest BCUT2D eigenvalue weighted by molar-refractivity contribution is -0.127. The second-order valence-corrected chi connectivity index (χ2v) is 9.54. The van der Waals surface area contributed by atoms with Gasteiger partial charge < -0.3 is 24.8 Å². The highest BCUT2D eigenvalue weighted by Gasteiger charge is 2.57. The number of allylic oxidation sites excluding steroid dienone is 1. The molecule has 2 aromatic rings. The highest BCUT2D eigenvalue weighted by Crippen LogP contribution is 2.48. The van der Waals surface area contributed by atoms with E-state index in [1.165, 1.54) is 0 Å². The number of carbonyl (C=O) groups excluding carboxylic acids is 2. The number of benzene rings is 1. The van der Waals surface area contributed by atoms with E-state index >= 15 is 0 Å². The fourth-order valence-corrected chi connectivity index (χ4v) is 5.46. The summed E-state index contributed by atoms with van der Waals surface area (Å²) >= 11 is 0. The van der Waals surface area contributed by atoms with Crippen molar-refractivity contribution in [2.45, 2.75) is 32.0 Å². The number of rotatable bonds is 8. The Morgan fingerprint density at radius 1 is 1.17 bits per heavy atom. The molecule has 4 atom stereocenters. The van der Waals surface area contributed by atoms with Crippen LogP contribution in [-0.2, 0) is 11.3 Å². The third-order valence-corrected chi connectivity index (χ3v) is 7.06. The number of nitrogens with one attached hydrogen (secondary N) is 1. The predicted octanol–water partition coefficient (Wildman–Crippen LogP) is 1.75. The van der Waals surface area contributed by atoms with Crippen LogP contribution >= 0.6 is 0 Å². The number of amides is 2. The van der Waals surface area contributed by atoms with Crippen LogP contribution in [0.15, 0.2) is 53.3 Å². The molecule has 3 heterocycles. The Morgan fingerprint density at radius 2 is 1.91 bits per heavy atom. The van der Waals surface area contributed by atoms with Crippen molar-refractivity contribution in [2.75, 3.05) is 33.8 Å². The van der Waals surface area contributed by atoms with Crippen LogP contribution in [0.1, 0.15) is 41.0 Å². The number of aliphatic hydroxyl groups is 1. The van der Waals surface area contributed by atoms with E-state index in [0.29, 0.717) is 23.4 Å². The van der Waals surface area contributed by atoms with Gasteiger partial charge in [0.15, 0.2) is 0 Å². The largest absolute Gasteiger partial charge is 0.396 e. The molecule has 2 aliphatic rings. The van der Waals surface area contributed by atoms with Gasteiger partial charge in [0.25, 0.3) is 11.5 Å². The number of carbonyl (C=O) groups is 2. The van der Waals surface area contributed by atoms with Crippen molar-refractivity contribution in [2.24, 2.45) is 11.8 Å². The summed E-state index contributed by atoms with van der Waals surface area (Å²) in [5.41, 5.74) is 1.57. The van der Waals surface area contributed by atoms with Gasteiger partial charge in [-0.05, 0) is 58.3 Å². The van der Waals surface area contributed by atoms with Gasteiger partial charge in [0.05, 0.1) is 18.0 Å². The lowest BCUT2D eigenvalue weighted by Crippen LogP contribution is -2.49. The number of hydrogen-bond acceptors (Lipinski definition) is 5. The van der Waals surface area contributed by atoms with Crippen molar-refractivity contribution in [1.82, 2.24) is 19.7 Å². The number of hydrogen-bond donors (Lipinski definition) is 2. The minimum Gasteiger partial charge on any atom is -0.396 e. The molecular weight excluding hydrogens is 444 g/mol. The number of nitrogens with zero attached hydrogens (tertiary/aromatic N) is 3. The first-order valence-corrected chi connectivity index (χ1v) is 12.2. The quantitative estimate of drug-likeness (QED) is 0.564. The van der Waals surface area contributed by atoms with Crippen molar-refractivity contribution in [1.29, 1.82) is 0 Å². The lowest BCUT2D eigenvalue weighted by atomic mass is 9.86. The Kier molecular flexibility index (Phi) is 7.52. The molecule has 1 saturated heterocycles. The number of fused-ring (bicyclic) bond motifs is 4. The lowest BCUT2D eigenvalue weighted by Gasteiger charge is -2.38. The number of aliphatic hydroxyl groups excluding tert-OH is 1. The molecule has 1 fully saturated rings. The normalized spacial score (nSPS) is 23.1. The molecule has 1 aromatic carbocycles. The number of aromatic nitrogens is 1. The SMILES string of the molecule is C/C=C\c1ccc2n(c1=O)C[C@@H]1[C@@H](CO)[C@H](C(=O)NCCCN(C)C)[C@H]2N1C(=O)c1ccccc1. The van der Waals surface area contributed by atoms with Gasteiger partial charge in [0.1, 0.15) is 0 Å². The Morgan fingerprint density at radius 3 is 2.57 bits per heavy atom. The van der Waals surface area contributed by atoms with Crippen LogP contribution in [0.3, 0.4) is 0 Å². The summed E-state index contributed by atoms with van der Waals surface area (Å²) in [5.74, 6) is -1.53. The third kappa shape index (κ3) is 4.68. The summed E-state index contributed by atoms with van der Waals surface area (Å²) in [6.45, 7) is 3.18. The zero-order valence-corrected chi connectivity index (χ0v) is 20.6.